The summed E-state index contributed by atoms with van der Waals surface area (Å²) in [5.41, 5.74) is 15.1. The standard InChI is InChI=1S/C21H27NO4.C20H25NO4.C19H23NO4.C10H14BrNO.C9H11BO5/c1-7-9-22-13-18(14(2)15(3)21(22)23)16-11-19(25-5)17(8-10-24-4)20(12-16)26-6;1-6-8-21-12-17(13(2)14(3)20(21)23)15-10-18(24-4)16(7-9-22)19(11-15)25-5;1-6-7-20-10-15(12(2)13(3)19(20)22)14-8-17(23-4)16(11-21)18(9-14)24-5;1-4-5-12-6-9(11)7(2)8(3)10(12)13;1-14-8-3-6(10(12)13)4-9(15-2)7(8)5-11/h8,10-13H,7,9H2,1-6H3;9-12H,6-8H2,1-5H3;8-11H,6-7H2,1-5H3;6H,4-5H2,1-3H3;3-5,12-13H,1-2H3. The zero-order chi connectivity index (χ0) is 77.1. The average Bonchev–Trinajstić information content (AvgIpc) is 0.786. The lowest BCUT2D eigenvalue weighted by atomic mass is 9.79. The predicted octanol–water partition coefficient (Wildman–Crippen LogP) is 12.7. The smallest absolute Gasteiger partial charge is 0.488 e. The minimum absolute atomic E-state index is 0.0292. The third-order valence-electron chi connectivity index (χ3n) is 17.5. The van der Waals surface area contributed by atoms with E-state index in [1.54, 1.807) is 78.3 Å². The molecule has 0 aliphatic rings. The normalized spacial score (nSPS) is 10.5. The molecule has 0 atom stereocenters. The highest BCUT2D eigenvalue weighted by Crippen LogP contribution is 2.40. The van der Waals surface area contributed by atoms with E-state index in [2.05, 4.69) is 29.8 Å². The molecule has 0 saturated carbocycles. The van der Waals surface area contributed by atoms with Crippen LogP contribution in [0.4, 0.5) is 0 Å². The molecule has 4 aromatic carbocycles. The molecule has 0 fully saturated rings. The zero-order valence-electron chi connectivity index (χ0n) is 63.3. The largest absolute Gasteiger partial charge is 0.504 e. The monoisotopic (exact) mass is 1480 g/mol. The van der Waals surface area contributed by atoms with Crippen LogP contribution in [0.3, 0.4) is 0 Å². The van der Waals surface area contributed by atoms with Crippen molar-refractivity contribution >= 4 is 53.4 Å². The molecule has 554 valence electrons. The van der Waals surface area contributed by atoms with Crippen LogP contribution in [-0.2, 0) is 42.1 Å². The lowest BCUT2D eigenvalue weighted by Crippen LogP contribution is -2.30. The summed E-state index contributed by atoms with van der Waals surface area (Å²) in [6, 6.07) is 14.0. The predicted molar refractivity (Wildman–Crippen MR) is 411 cm³/mol. The molecule has 8 aromatic rings. The average molecular weight is 1480 g/mol. The van der Waals surface area contributed by atoms with Crippen LogP contribution in [0.25, 0.3) is 39.5 Å². The van der Waals surface area contributed by atoms with Crippen LogP contribution in [0.1, 0.15) is 130 Å². The van der Waals surface area contributed by atoms with Gasteiger partial charge in [0.2, 0.25) is 0 Å². The second-order valence-corrected chi connectivity index (χ2v) is 24.8. The number of hydrogen-bond acceptors (Lipinski definition) is 18. The number of aryl methyl sites for hydroxylation is 4. The van der Waals surface area contributed by atoms with Crippen molar-refractivity contribution in [3.05, 3.63) is 192 Å². The molecule has 8 rings (SSSR count). The van der Waals surface area contributed by atoms with Gasteiger partial charge in [-0.05, 0) is 196 Å². The number of nitrogens with zero attached hydrogens (tertiary/aromatic N) is 4. The summed E-state index contributed by atoms with van der Waals surface area (Å²) < 4.78 is 55.6. The van der Waals surface area contributed by atoms with Crippen LogP contribution in [0.5, 0.6) is 46.0 Å². The van der Waals surface area contributed by atoms with Gasteiger partial charge in [0.1, 0.15) is 52.3 Å². The van der Waals surface area contributed by atoms with Gasteiger partial charge in [0.25, 0.3) is 22.2 Å². The number of carbonyl (C=O) groups is 3. The first kappa shape index (κ1) is 85.5. The number of aldehydes is 3. The number of hydrogen-bond donors (Lipinski definition) is 2. The van der Waals surface area contributed by atoms with E-state index < -0.39 is 7.12 Å². The van der Waals surface area contributed by atoms with Crippen LogP contribution >= 0.6 is 15.9 Å². The fourth-order valence-electron chi connectivity index (χ4n) is 11.3. The van der Waals surface area contributed by atoms with Crippen LogP contribution in [0.2, 0.25) is 0 Å². The molecule has 24 heteroatoms. The van der Waals surface area contributed by atoms with Crippen molar-refractivity contribution in [1.29, 1.82) is 0 Å². The molecule has 0 unspecified atom stereocenters. The molecular formula is C79H100BBrN4O18. The number of pyridine rings is 4. The minimum atomic E-state index is -1.63. The molecule has 4 aromatic heterocycles. The summed E-state index contributed by atoms with van der Waals surface area (Å²) in [6.45, 7) is 26.2. The topological polar surface area (TPSA) is 263 Å². The summed E-state index contributed by atoms with van der Waals surface area (Å²) in [7, 11) is 12.2. The fourth-order valence-corrected chi connectivity index (χ4v) is 11.8. The molecule has 0 aliphatic carbocycles. The van der Waals surface area contributed by atoms with Gasteiger partial charge in [-0.15, -0.1) is 0 Å². The van der Waals surface area contributed by atoms with Gasteiger partial charge in [-0.25, -0.2) is 0 Å². The van der Waals surface area contributed by atoms with Crippen LogP contribution in [0, 0.1) is 55.4 Å². The van der Waals surface area contributed by atoms with E-state index in [0.717, 1.165) is 138 Å². The molecule has 0 bridgehead atoms. The van der Waals surface area contributed by atoms with Crippen molar-refractivity contribution in [3.8, 4) is 79.4 Å². The Hall–Kier alpha value is -9.91. The molecule has 2 N–H and O–H groups in total. The van der Waals surface area contributed by atoms with Gasteiger partial charge < -0.3 is 75.7 Å². The van der Waals surface area contributed by atoms with E-state index in [-0.39, 0.29) is 51.2 Å². The van der Waals surface area contributed by atoms with Crippen molar-refractivity contribution < 1.29 is 67.1 Å². The number of benzene rings is 4. The Kier molecular flexibility index (Phi) is 34.3. The lowest BCUT2D eigenvalue weighted by molar-refractivity contribution is -0.107. The third-order valence-corrected chi connectivity index (χ3v) is 18.3. The number of carbonyl (C=O) groups excluding carboxylic acids is 3. The molecule has 103 heavy (non-hydrogen) atoms. The highest BCUT2D eigenvalue weighted by Gasteiger charge is 2.22. The quantitative estimate of drug-likeness (QED) is 0.0290. The summed E-state index contributed by atoms with van der Waals surface area (Å²) in [5.74, 6) is 3.95. The number of halogens is 1. The van der Waals surface area contributed by atoms with Crippen molar-refractivity contribution in [2.24, 2.45) is 0 Å². The summed E-state index contributed by atoms with van der Waals surface area (Å²) >= 11 is 3.44. The molecular weight excluding hydrogens is 1380 g/mol. The van der Waals surface area contributed by atoms with Crippen LogP contribution in [0.15, 0.2) is 103 Å². The van der Waals surface area contributed by atoms with Crippen molar-refractivity contribution in [1.82, 2.24) is 18.3 Å². The first-order valence-corrected chi connectivity index (χ1v) is 34.4. The van der Waals surface area contributed by atoms with E-state index in [4.69, 9.17) is 52.7 Å². The molecule has 0 aliphatic heterocycles. The Morgan fingerprint density at radius 2 is 0.660 bits per heavy atom. The molecule has 0 radical (unpaired) electrons. The third kappa shape index (κ3) is 20.9. The van der Waals surface area contributed by atoms with Crippen molar-refractivity contribution in [3.63, 3.8) is 0 Å². The minimum Gasteiger partial charge on any atom is -0.504 e. The van der Waals surface area contributed by atoms with E-state index in [9.17, 15) is 33.6 Å². The van der Waals surface area contributed by atoms with Gasteiger partial charge in [-0.3, -0.25) is 28.8 Å². The first-order chi connectivity index (χ1) is 49.1. The molecule has 22 nitrogen and oxygen atoms in total. The first-order valence-electron chi connectivity index (χ1n) is 33.6. The van der Waals surface area contributed by atoms with E-state index in [0.29, 0.717) is 66.0 Å². The SMILES string of the molecule is CCCn1cc(-c2cc(OC)c(C=COC)c(OC)c2)c(C)c(C)c1=O.CCCn1cc(-c2cc(OC)c(C=O)c(OC)c2)c(C)c(C)c1=O.CCCn1cc(-c2cc(OC)c(CC=O)c(OC)c2)c(C)c(C)c1=O.CCCn1cc(Br)c(C)c(C)c1=O.COc1cc(B(O)O)cc(OC)c1C=O. The summed E-state index contributed by atoms with van der Waals surface area (Å²) in [6.07, 6.45) is 16.9. The van der Waals surface area contributed by atoms with E-state index in [1.165, 1.54) is 40.6 Å². The molecule has 4 heterocycles. The summed E-state index contributed by atoms with van der Waals surface area (Å²) in [4.78, 5) is 82.0. The highest BCUT2D eigenvalue weighted by molar-refractivity contribution is 9.10. The second kappa shape index (κ2) is 41.3. The number of ether oxygens (including phenoxy) is 9. The summed E-state index contributed by atoms with van der Waals surface area (Å²) in [5, 5.41) is 18.0. The van der Waals surface area contributed by atoms with Crippen LogP contribution < -0.4 is 65.6 Å². The Labute approximate surface area is 612 Å². The van der Waals surface area contributed by atoms with Gasteiger partial charge in [-0.2, -0.15) is 0 Å². The van der Waals surface area contributed by atoms with Gasteiger partial charge in [-0.1, -0.05) is 27.7 Å². The maximum atomic E-state index is 12.5. The van der Waals surface area contributed by atoms with E-state index in [1.807, 2.05) is 118 Å². The van der Waals surface area contributed by atoms with Gasteiger partial charge in [0, 0.05) is 106 Å². The molecule has 0 amide bonds. The Balaban J connectivity index is 0.000000279. The Morgan fingerprint density at radius 1 is 0.388 bits per heavy atom. The van der Waals surface area contributed by atoms with E-state index >= 15 is 0 Å². The van der Waals surface area contributed by atoms with Gasteiger partial charge >= 0.3 is 7.12 Å². The maximum absolute atomic E-state index is 12.5. The number of rotatable bonds is 26. The number of methoxy groups -OCH3 is 9. The van der Waals surface area contributed by atoms with Crippen molar-refractivity contribution in [2.75, 3.05) is 64.0 Å². The highest BCUT2D eigenvalue weighted by atomic mass is 79.9. The molecule has 0 saturated heterocycles. The van der Waals surface area contributed by atoms with Gasteiger partial charge in [0.15, 0.2) is 12.6 Å². The maximum Gasteiger partial charge on any atom is 0.488 e. The molecule has 0 spiro atoms. The Bertz CT molecular complexity index is 4450. The van der Waals surface area contributed by atoms with Gasteiger partial charge in [0.05, 0.1) is 86.9 Å². The number of aromatic nitrogens is 4. The Morgan fingerprint density at radius 3 is 0.922 bits per heavy atom. The fraction of sp³-hybridized carbons (Fsp3) is 0.380. The van der Waals surface area contributed by atoms with Crippen LogP contribution in [-0.4, -0.2) is 118 Å². The lowest BCUT2D eigenvalue weighted by Gasteiger charge is -2.17. The zero-order valence-corrected chi connectivity index (χ0v) is 64.9. The second-order valence-electron chi connectivity index (χ2n) is 23.9. The van der Waals surface area contributed by atoms with Crippen molar-refractivity contribution in [2.45, 2.75) is 141 Å².